The highest BCUT2D eigenvalue weighted by Gasteiger charge is 2.20. The van der Waals surface area contributed by atoms with Crippen molar-refractivity contribution < 1.29 is 5.11 Å². The summed E-state index contributed by atoms with van der Waals surface area (Å²) >= 11 is 0. The first kappa shape index (κ1) is 12.6. The lowest BCUT2D eigenvalue weighted by Gasteiger charge is -2.33. The molecule has 17 heavy (non-hydrogen) atoms. The molecule has 1 fully saturated rings. The number of aliphatic hydroxyl groups excluding tert-OH is 1. The molecule has 0 saturated carbocycles. The lowest BCUT2D eigenvalue weighted by atomic mass is 9.96. The summed E-state index contributed by atoms with van der Waals surface area (Å²) in [7, 11) is 0. The molecule has 0 aliphatic carbocycles. The number of likely N-dealkylation sites (tertiary alicyclic amines) is 1. The highest BCUT2D eigenvalue weighted by molar-refractivity contribution is 5.19. The normalized spacial score (nSPS) is 23.5. The minimum atomic E-state index is 0.343. The van der Waals surface area contributed by atoms with Crippen LogP contribution in [0.2, 0.25) is 0 Å². The minimum absolute atomic E-state index is 0.343. The Balaban J connectivity index is 1.88. The van der Waals surface area contributed by atoms with Crippen LogP contribution in [-0.4, -0.2) is 36.2 Å². The summed E-state index contributed by atoms with van der Waals surface area (Å²) in [6, 6.07) is 10.7. The smallest absolute Gasteiger partial charge is 0.0471 e. The van der Waals surface area contributed by atoms with Gasteiger partial charge in [0.15, 0.2) is 0 Å². The second-order valence-electron chi connectivity index (χ2n) is 5.26. The highest BCUT2D eigenvalue weighted by atomic mass is 16.3. The molecule has 2 rings (SSSR count). The molecule has 1 aliphatic heterocycles. The Bertz CT molecular complexity index is 325. The summed E-state index contributed by atoms with van der Waals surface area (Å²) in [4.78, 5) is 2.50. The Morgan fingerprint density at radius 3 is 2.82 bits per heavy atom. The second kappa shape index (κ2) is 6.18. The minimum Gasteiger partial charge on any atom is -0.396 e. The molecule has 1 saturated heterocycles. The van der Waals surface area contributed by atoms with Crippen LogP contribution < -0.4 is 0 Å². The number of aliphatic hydroxyl groups is 1. The fourth-order valence-corrected chi connectivity index (χ4v) is 2.74. The zero-order chi connectivity index (χ0) is 12.1. The summed E-state index contributed by atoms with van der Waals surface area (Å²) < 4.78 is 0. The molecule has 0 spiro atoms. The number of hydrogen-bond acceptors (Lipinski definition) is 2. The molecule has 0 amide bonds. The van der Waals surface area contributed by atoms with Gasteiger partial charge in [-0.05, 0) is 36.8 Å². The molecule has 0 unspecified atom stereocenters. The molecule has 0 bridgehead atoms. The predicted molar refractivity (Wildman–Crippen MR) is 71.1 cm³/mol. The van der Waals surface area contributed by atoms with E-state index < -0.39 is 0 Å². The Labute approximate surface area is 104 Å². The molecule has 1 aliphatic rings. The monoisotopic (exact) mass is 233 g/mol. The zero-order valence-electron chi connectivity index (χ0n) is 10.7. The summed E-state index contributed by atoms with van der Waals surface area (Å²) in [6.45, 7) is 6.00. The van der Waals surface area contributed by atoms with Crippen LogP contribution >= 0.6 is 0 Å². The first-order valence-electron chi connectivity index (χ1n) is 6.67. The molecular formula is C15H23NO. The van der Waals surface area contributed by atoms with Crippen LogP contribution in [0.3, 0.4) is 0 Å². The van der Waals surface area contributed by atoms with E-state index in [9.17, 15) is 5.11 Å². The maximum absolute atomic E-state index is 9.23. The number of rotatable bonds is 4. The van der Waals surface area contributed by atoms with E-state index in [2.05, 4.69) is 42.2 Å². The van der Waals surface area contributed by atoms with Gasteiger partial charge in [-0.2, -0.15) is 0 Å². The Morgan fingerprint density at radius 2 is 2.12 bits per heavy atom. The van der Waals surface area contributed by atoms with Gasteiger partial charge in [0, 0.05) is 19.7 Å². The van der Waals surface area contributed by atoms with E-state index in [-0.39, 0.29) is 0 Å². The molecule has 1 aromatic carbocycles. The fraction of sp³-hybridized carbons (Fsp3) is 0.600. The van der Waals surface area contributed by atoms with Crippen molar-refractivity contribution in [1.82, 2.24) is 4.90 Å². The molecule has 2 heteroatoms. The van der Waals surface area contributed by atoms with Gasteiger partial charge in [0.05, 0.1) is 0 Å². The number of benzene rings is 1. The zero-order valence-corrected chi connectivity index (χ0v) is 10.7. The van der Waals surface area contributed by atoms with Crippen LogP contribution in [-0.2, 0) is 0 Å². The topological polar surface area (TPSA) is 23.5 Å². The Kier molecular flexibility index (Phi) is 4.57. The van der Waals surface area contributed by atoms with Crippen LogP contribution in [0.15, 0.2) is 30.3 Å². The largest absolute Gasteiger partial charge is 0.396 e. The van der Waals surface area contributed by atoms with Gasteiger partial charge in [-0.1, -0.05) is 37.3 Å². The maximum Gasteiger partial charge on any atom is 0.0471 e. The van der Waals surface area contributed by atoms with Crippen LogP contribution in [0.25, 0.3) is 0 Å². The molecule has 0 radical (unpaired) electrons. The molecule has 94 valence electrons. The van der Waals surface area contributed by atoms with Crippen LogP contribution in [0, 0.1) is 5.92 Å². The van der Waals surface area contributed by atoms with Crippen molar-refractivity contribution in [2.45, 2.75) is 25.7 Å². The van der Waals surface area contributed by atoms with Crippen molar-refractivity contribution in [3.63, 3.8) is 0 Å². The third-order valence-electron chi connectivity index (χ3n) is 3.76. The van der Waals surface area contributed by atoms with E-state index in [1.165, 1.54) is 24.9 Å². The maximum atomic E-state index is 9.23. The highest BCUT2D eigenvalue weighted by Crippen LogP contribution is 2.21. The summed E-state index contributed by atoms with van der Waals surface area (Å²) in [5.74, 6) is 1.07. The van der Waals surface area contributed by atoms with Gasteiger partial charge in [-0.15, -0.1) is 0 Å². The van der Waals surface area contributed by atoms with E-state index >= 15 is 0 Å². The third kappa shape index (κ3) is 3.55. The quantitative estimate of drug-likeness (QED) is 0.863. The average molecular weight is 233 g/mol. The van der Waals surface area contributed by atoms with Crippen molar-refractivity contribution in [1.29, 1.82) is 0 Å². The predicted octanol–water partition coefficient (Wildman–Crippen LogP) is 2.49. The molecule has 2 atom stereocenters. The summed E-state index contributed by atoms with van der Waals surface area (Å²) in [6.07, 6.45) is 2.42. The first-order valence-corrected chi connectivity index (χ1v) is 6.67. The van der Waals surface area contributed by atoms with Crippen LogP contribution in [0.1, 0.15) is 31.2 Å². The van der Waals surface area contributed by atoms with E-state index in [1.54, 1.807) is 0 Å². The van der Waals surface area contributed by atoms with Crippen molar-refractivity contribution in [2.75, 3.05) is 26.2 Å². The molecular weight excluding hydrogens is 210 g/mol. The standard InChI is InChI=1S/C15H23NO/c1-13(15-7-3-2-4-8-15)10-16-9-5-6-14(11-16)12-17/h2-4,7-8,13-14,17H,5-6,9-12H2,1H3/t13-,14-/m1/s1. The Morgan fingerprint density at radius 1 is 1.35 bits per heavy atom. The van der Waals surface area contributed by atoms with Crippen molar-refractivity contribution in [3.8, 4) is 0 Å². The van der Waals surface area contributed by atoms with E-state index in [1.807, 2.05) is 0 Å². The molecule has 1 aromatic rings. The number of hydrogen-bond donors (Lipinski definition) is 1. The van der Waals surface area contributed by atoms with Gasteiger partial charge in [0.1, 0.15) is 0 Å². The molecule has 2 nitrogen and oxygen atoms in total. The van der Waals surface area contributed by atoms with Gasteiger partial charge in [-0.3, -0.25) is 0 Å². The molecule has 1 heterocycles. The number of piperidine rings is 1. The second-order valence-corrected chi connectivity index (χ2v) is 5.26. The van der Waals surface area contributed by atoms with Crippen molar-refractivity contribution in [2.24, 2.45) is 5.92 Å². The van der Waals surface area contributed by atoms with Crippen molar-refractivity contribution in [3.05, 3.63) is 35.9 Å². The Hall–Kier alpha value is -0.860. The first-order chi connectivity index (χ1) is 8.29. The van der Waals surface area contributed by atoms with Crippen LogP contribution in [0.5, 0.6) is 0 Å². The van der Waals surface area contributed by atoms with Gasteiger partial charge in [-0.25, -0.2) is 0 Å². The van der Waals surface area contributed by atoms with Gasteiger partial charge in [0.25, 0.3) is 0 Å². The summed E-state index contributed by atoms with van der Waals surface area (Å²) in [5.41, 5.74) is 1.42. The number of nitrogens with zero attached hydrogens (tertiary/aromatic N) is 1. The van der Waals surface area contributed by atoms with Gasteiger partial charge in [0.2, 0.25) is 0 Å². The molecule has 0 aromatic heterocycles. The molecule has 1 N–H and O–H groups in total. The van der Waals surface area contributed by atoms with E-state index in [0.29, 0.717) is 18.4 Å². The third-order valence-corrected chi connectivity index (χ3v) is 3.76. The van der Waals surface area contributed by atoms with Crippen molar-refractivity contribution >= 4 is 0 Å². The SMILES string of the molecule is C[C@H](CN1CCC[C@@H](CO)C1)c1ccccc1. The fourth-order valence-electron chi connectivity index (χ4n) is 2.74. The summed E-state index contributed by atoms with van der Waals surface area (Å²) in [5, 5.41) is 9.23. The van der Waals surface area contributed by atoms with E-state index in [4.69, 9.17) is 0 Å². The average Bonchev–Trinajstić information content (AvgIpc) is 2.40. The van der Waals surface area contributed by atoms with Crippen LogP contribution in [0.4, 0.5) is 0 Å². The van der Waals surface area contributed by atoms with Gasteiger partial charge < -0.3 is 10.0 Å². The van der Waals surface area contributed by atoms with E-state index in [0.717, 1.165) is 13.1 Å². The lowest BCUT2D eigenvalue weighted by molar-refractivity contribution is 0.117. The van der Waals surface area contributed by atoms with Gasteiger partial charge >= 0.3 is 0 Å². The lowest BCUT2D eigenvalue weighted by Crippen LogP contribution is -2.38.